The SMILES string of the molecule is O=C(NCCc1ccc2[nH]ccc2c1)c1ccccc1I. The van der Waals surface area contributed by atoms with Crippen molar-refractivity contribution < 1.29 is 4.79 Å². The molecule has 0 aliphatic carbocycles. The van der Waals surface area contributed by atoms with Crippen molar-refractivity contribution in [2.24, 2.45) is 0 Å². The Morgan fingerprint density at radius 2 is 2.00 bits per heavy atom. The molecule has 1 aromatic heterocycles. The van der Waals surface area contributed by atoms with Gasteiger partial charge >= 0.3 is 0 Å². The van der Waals surface area contributed by atoms with E-state index in [9.17, 15) is 4.79 Å². The molecule has 0 unspecified atom stereocenters. The van der Waals surface area contributed by atoms with Crippen LogP contribution in [0.25, 0.3) is 10.9 Å². The van der Waals surface area contributed by atoms with E-state index < -0.39 is 0 Å². The lowest BCUT2D eigenvalue weighted by atomic mass is 10.1. The molecule has 3 rings (SSSR count). The van der Waals surface area contributed by atoms with Crippen LogP contribution < -0.4 is 5.32 Å². The Kier molecular flexibility index (Phi) is 4.24. The molecule has 0 aliphatic heterocycles. The number of benzene rings is 2. The number of amides is 1. The Bertz CT molecular complexity index is 779. The molecule has 2 aromatic carbocycles. The fraction of sp³-hybridized carbons (Fsp3) is 0.118. The van der Waals surface area contributed by atoms with E-state index >= 15 is 0 Å². The smallest absolute Gasteiger partial charge is 0.252 e. The number of hydrogen-bond donors (Lipinski definition) is 2. The highest BCUT2D eigenvalue weighted by Crippen LogP contribution is 2.15. The molecule has 0 bridgehead atoms. The van der Waals surface area contributed by atoms with Gasteiger partial charge in [-0.3, -0.25) is 4.79 Å². The van der Waals surface area contributed by atoms with Gasteiger partial charge in [-0.1, -0.05) is 18.2 Å². The second-order valence-corrected chi connectivity index (χ2v) is 6.05. The fourth-order valence-electron chi connectivity index (χ4n) is 2.32. The maximum atomic E-state index is 12.1. The van der Waals surface area contributed by atoms with Crippen LogP contribution in [0, 0.1) is 3.57 Å². The number of carbonyl (C=O) groups is 1. The first-order valence-corrected chi connectivity index (χ1v) is 7.91. The molecule has 3 aromatic rings. The molecule has 0 saturated carbocycles. The zero-order chi connectivity index (χ0) is 14.7. The first kappa shape index (κ1) is 14.1. The Morgan fingerprint density at radius 1 is 1.14 bits per heavy atom. The van der Waals surface area contributed by atoms with Gasteiger partial charge in [-0.05, 0) is 70.3 Å². The largest absolute Gasteiger partial charge is 0.361 e. The van der Waals surface area contributed by atoms with Crippen molar-refractivity contribution >= 4 is 39.4 Å². The molecule has 0 aliphatic rings. The van der Waals surface area contributed by atoms with Crippen LogP contribution >= 0.6 is 22.6 Å². The van der Waals surface area contributed by atoms with Gasteiger partial charge in [-0.2, -0.15) is 0 Å². The van der Waals surface area contributed by atoms with Crippen LogP contribution in [-0.4, -0.2) is 17.4 Å². The van der Waals surface area contributed by atoms with E-state index in [0.717, 1.165) is 21.1 Å². The van der Waals surface area contributed by atoms with Gasteiger partial charge in [0.2, 0.25) is 0 Å². The highest BCUT2D eigenvalue weighted by Gasteiger charge is 2.08. The molecule has 0 saturated heterocycles. The molecule has 4 heteroatoms. The van der Waals surface area contributed by atoms with E-state index in [2.05, 4.69) is 57.2 Å². The minimum Gasteiger partial charge on any atom is -0.361 e. The summed E-state index contributed by atoms with van der Waals surface area (Å²) in [6, 6.07) is 16.0. The van der Waals surface area contributed by atoms with E-state index in [1.165, 1.54) is 10.9 Å². The third kappa shape index (κ3) is 3.26. The number of rotatable bonds is 4. The Labute approximate surface area is 136 Å². The molecule has 0 fully saturated rings. The number of hydrogen-bond acceptors (Lipinski definition) is 1. The van der Waals surface area contributed by atoms with E-state index in [0.29, 0.717) is 6.54 Å². The molecule has 21 heavy (non-hydrogen) atoms. The number of H-pyrrole nitrogens is 1. The van der Waals surface area contributed by atoms with Gasteiger partial charge in [0.15, 0.2) is 0 Å². The fourth-order valence-corrected chi connectivity index (χ4v) is 2.95. The summed E-state index contributed by atoms with van der Waals surface area (Å²) in [4.78, 5) is 15.3. The maximum Gasteiger partial charge on any atom is 0.252 e. The van der Waals surface area contributed by atoms with E-state index in [-0.39, 0.29) is 5.91 Å². The molecule has 106 valence electrons. The average molecular weight is 390 g/mol. The van der Waals surface area contributed by atoms with Gasteiger partial charge in [0.1, 0.15) is 0 Å². The van der Waals surface area contributed by atoms with Crippen molar-refractivity contribution in [3.63, 3.8) is 0 Å². The Hall–Kier alpha value is -1.82. The number of nitrogens with one attached hydrogen (secondary N) is 2. The summed E-state index contributed by atoms with van der Waals surface area (Å²) in [5, 5.41) is 4.18. The quantitative estimate of drug-likeness (QED) is 0.655. The lowest BCUT2D eigenvalue weighted by Crippen LogP contribution is -2.26. The van der Waals surface area contributed by atoms with Gasteiger partial charge in [-0.25, -0.2) is 0 Å². The standard InChI is InChI=1S/C17H15IN2O/c18-15-4-2-1-3-14(15)17(21)20-9-7-12-5-6-16-13(11-12)8-10-19-16/h1-6,8,10-11,19H,7,9H2,(H,20,21). The summed E-state index contributed by atoms with van der Waals surface area (Å²) in [5.41, 5.74) is 3.10. The minimum absolute atomic E-state index is 0.0114. The first-order chi connectivity index (χ1) is 10.2. The summed E-state index contributed by atoms with van der Waals surface area (Å²) >= 11 is 2.18. The van der Waals surface area contributed by atoms with E-state index in [4.69, 9.17) is 0 Å². The molecule has 1 heterocycles. The van der Waals surface area contributed by atoms with Crippen molar-refractivity contribution in [2.45, 2.75) is 6.42 Å². The van der Waals surface area contributed by atoms with Gasteiger partial charge in [0.25, 0.3) is 5.91 Å². The van der Waals surface area contributed by atoms with Gasteiger partial charge in [0.05, 0.1) is 5.56 Å². The van der Waals surface area contributed by atoms with Gasteiger partial charge < -0.3 is 10.3 Å². The summed E-state index contributed by atoms with van der Waals surface area (Å²) in [6.07, 6.45) is 2.77. The summed E-state index contributed by atoms with van der Waals surface area (Å²) in [7, 11) is 0. The maximum absolute atomic E-state index is 12.1. The van der Waals surface area contributed by atoms with Crippen LogP contribution in [0.1, 0.15) is 15.9 Å². The summed E-state index contributed by atoms with van der Waals surface area (Å²) in [5.74, 6) is -0.0114. The van der Waals surface area contributed by atoms with Crippen LogP contribution in [0.15, 0.2) is 54.7 Å². The Balaban J connectivity index is 1.60. The van der Waals surface area contributed by atoms with Crippen molar-refractivity contribution in [1.82, 2.24) is 10.3 Å². The zero-order valence-electron chi connectivity index (χ0n) is 11.4. The van der Waals surface area contributed by atoms with Crippen molar-refractivity contribution in [1.29, 1.82) is 0 Å². The minimum atomic E-state index is -0.0114. The summed E-state index contributed by atoms with van der Waals surface area (Å²) < 4.78 is 0.973. The summed E-state index contributed by atoms with van der Waals surface area (Å²) in [6.45, 7) is 0.639. The number of aromatic amines is 1. The molecule has 2 N–H and O–H groups in total. The van der Waals surface area contributed by atoms with Crippen molar-refractivity contribution in [2.75, 3.05) is 6.54 Å². The lowest BCUT2D eigenvalue weighted by molar-refractivity contribution is 0.0953. The van der Waals surface area contributed by atoms with E-state index in [1.807, 2.05) is 30.5 Å². The van der Waals surface area contributed by atoms with Crippen LogP contribution in [-0.2, 0) is 6.42 Å². The van der Waals surface area contributed by atoms with E-state index in [1.54, 1.807) is 0 Å². The second kappa shape index (κ2) is 6.30. The van der Waals surface area contributed by atoms with Crippen molar-refractivity contribution in [3.8, 4) is 0 Å². The Morgan fingerprint density at radius 3 is 2.86 bits per heavy atom. The van der Waals surface area contributed by atoms with Crippen molar-refractivity contribution in [3.05, 3.63) is 69.4 Å². The zero-order valence-corrected chi connectivity index (χ0v) is 13.6. The molecule has 3 nitrogen and oxygen atoms in total. The number of halogens is 1. The van der Waals surface area contributed by atoms with Crippen LogP contribution in [0.3, 0.4) is 0 Å². The monoisotopic (exact) mass is 390 g/mol. The van der Waals surface area contributed by atoms with Crippen LogP contribution in [0.5, 0.6) is 0 Å². The number of fused-ring (bicyclic) bond motifs is 1. The average Bonchev–Trinajstić information content (AvgIpc) is 2.95. The second-order valence-electron chi connectivity index (χ2n) is 4.89. The number of aromatic nitrogens is 1. The first-order valence-electron chi connectivity index (χ1n) is 6.83. The molecule has 0 spiro atoms. The van der Waals surface area contributed by atoms with Gasteiger partial charge in [0, 0.05) is 21.8 Å². The van der Waals surface area contributed by atoms with Gasteiger partial charge in [-0.15, -0.1) is 0 Å². The lowest BCUT2D eigenvalue weighted by Gasteiger charge is -2.07. The predicted octanol–water partition coefficient (Wildman–Crippen LogP) is 3.75. The molecule has 0 atom stereocenters. The van der Waals surface area contributed by atoms with Crippen LogP contribution in [0.2, 0.25) is 0 Å². The topological polar surface area (TPSA) is 44.9 Å². The predicted molar refractivity (Wildman–Crippen MR) is 93.5 cm³/mol. The third-order valence-corrected chi connectivity index (χ3v) is 4.38. The molecular weight excluding hydrogens is 375 g/mol. The number of carbonyl (C=O) groups excluding carboxylic acids is 1. The highest BCUT2D eigenvalue weighted by atomic mass is 127. The molecule has 1 amide bonds. The highest BCUT2D eigenvalue weighted by molar-refractivity contribution is 14.1. The van der Waals surface area contributed by atoms with Crippen LogP contribution in [0.4, 0.5) is 0 Å². The molecular formula is C17H15IN2O. The normalized spacial score (nSPS) is 10.7. The molecule has 0 radical (unpaired) electrons. The third-order valence-electron chi connectivity index (χ3n) is 3.44.